The number of H-pyrrole nitrogens is 1. The first-order valence-corrected chi connectivity index (χ1v) is 7.29. The highest BCUT2D eigenvalue weighted by atomic mass is 15.1. The van der Waals surface area contributed by atoms with Gasteiger partial charge in [-0.05, 0) is 52.4 Å². The third-order valence-corrected chi connectivity index (χ3v) is 4.41. The van der Waals surface area contributed by atoms with Crippen LogP contribution >= 0.6 is 0 Å². The molecule has 0 bridgehead atoms. The molecule has 2 fully saturated rings. The second kappa shape index (κ2) is 5.41. The Balaban J connectivity index is 1.65. The molecule has 1 unspecified atom stereocenters. The minimum atomic E-state index is 0.457. The first-order valence-electron chi connectivity index (χ1n) is 7.29. The number of nitrogens with zero attached hydrogens (tertiary/aromatic N) is 2. The maximum absolute atomic E-state index is 4.60. The van der Waals surface area contributed by atoms with Crippen molar-refractivity contribution in [3.63, 3.8) is 0 Å². The smallest absolute Gasteiger partial charge is 0.123 e. The molecule has 2 aliphatic heterocycles. The van der Waals surface area contributed by atoms with Crippen LogP contribution in [0.25, 0.3) is 0 Å². The molecule has 3 rings (SSSR count). The molecule has 2 N–H and O–H groups in total. The lowest BCUT2D eigenvalue weighted by molar-refractivity contribution is 0.253. The van der Waals surface area contributed by atoms with Gasteiger partial charge in [-0.1, -0.05) is 6.42 Å². The molecule has 1 atom stereocenters. The number of imidazole rings is 1. The molecule has 0 radical (unpaired) electrons. The van der Waals surface area contributed by atoms with E-state index < -0.39 is 0 Å². The molecule has 0 amide bonds. The predicted octanol–water partition coefficient (Wildman–Crippen LogP) is 2.03. The van der Waals surface area contributed by atoms with E-state index in [0.29, 0.717) is 12.0 Å². The van der Waals surface area contributed by atoms with Crippen LogP contribution in [0, 0.1) is 0 Å². The second-order valence-electron chi connectivity index (χ2n) is 5.80. The fourth-order valence-electron chi connectivity index (χ4n) is 3.14. The highest BCUT2D eigenvalue weighted by Gasteiger charge is 2.22. The molecule has 4 nitrogen and oxygen atoms in total. The van der Waals surface area contributed by atoms with Crippen LogP contribution in [0.15, 0.2) is 6.20 Å². The van der Waals surface area contributed by atoms with Crippen molar-refractivity contribution in [1.29, 1.82) is 0 Å². The Morgan fingerprint density at radius 1 is 1.22 bits per heavy atom. The van der Waals surface area contributed by atoms with E-state index in [1.54, 1.807) is 0 Å². The maximum atomic E-state index is 4.60. The van der Waals surface area contributed by atoms with Gasteiger partial charge >= 0.3 is 0 Å². The second-order valence-corrected chi connectivity index (χ2v) is 5.80. The van der Waals surface area contributed by atoms with E-state index in [2.05, 4.69) is 33.4 Å². The Hall–Kier alpha value is -0.870. The molecule has 1 aromatic rings. The number of hydrogen-bond acceptors (Lipinski definition) is 3. The van der Waals surface area contributed by atoms with E-state index in [0.717, 1.165) is 12.4 Å². The van der Waals surface area contributed by atoms with Crippen LogP contribution in [-0.2, 0) is 0 Å². The molecule has 0 aliphatic carbocycles. The number of piperidine rings is 2. The average Bonchev–Trinajstić information content (AvgIpc) is 2.90. The van der Waals surface area contributed by atoms with Gasteiger partial charge in [0.05, 0.1) is 6.04 Å². The van der Waals surface area contributed by atoms with Gasteiger partial charge < -0.3 is 15.2 Å². The van der Waals surface area contributed by atoms with Gasteiger partial charge in [0.2, 0.25) is 0 Å². The summed E-state index contributed by atoms with van der Waals surface area (Å²) in [4.78, 5) is 10.6. The van der Waals surface area contributed by atoms with Crippen molar-refractivity contribution in [3.8, 4) is 0 Å². The Morgan fingerprint density at radius 3 is 2.78 bits per heavy atom. The Morgan fingerprint density at radius 2 is 2.06 bits per heavy atom. The molecule has 4 heteroatoms. The topological polar surface area (TPSA) is 44.0 Å². The first-order chi connectivity index (χ1) is 8.83. The van der Waals surface area contributed by atoms with E-state index >= 15 is 0 Å². The fraction of sp³-hybridized carbons (Fsp3) is 0.786. The molecule has 2 saturated heterocycles. The van der Waals surface area contributed by atoms with E-state index in [1.807, 2.05) is 0 Å². The largest absolute Gasteiger partial charge is 0.344 e. The molecule has 2 aliphatic rings. The lowest BCUT2D eigenvalue weighted by Gasteiger charge is -2.28. The van der Waals surface area contributed by atoms with Crippen LogP contribution in [0.2, 0.25) is 0 Å². The van der Waals surface area contributed by atoms with Gasteiger partial charge in [0, 0.05) is 17.8 Å². The molecular formula is C14H24N4. The number of hydrogen-bond donors (Lipinski definition) is 2. The highest BCUT2D eigenvalue weighted by molar-refractivity contribution is 5.11. The number of aromatic amines is 1. The first kappa shape index (κ1) is 12.2. The van der Waals surface area contributed by atoms with Crippen LogP contribution in [0.5, 0.6) is 0 Å². The highest BCUT2D eigenvalue weighted by Crippen LogP contribution is 2.28. The van der Waals surface area contributed by atoms with E-state index in [9.17, 15) is 0 Å². The molecule has 18 heavy (non-hydrogen) atoms. The van der Waals surface area contributed by atoms with Gasteiger partial charge in [-0.2, -0.15) is 0 Å². The summed E-state index contributed by atoms with van der Waals surface area (Å²) in [6.07, 6.45) is 8.44. The number of likely N-dealkylation sites (tertiary alicyclic amines) is 1. The molecule has 0 aromatic carbocycles. The monoisotopic (exact) mass is 248 g/mol. The summed E-state index contributed by atoms with van der Waals surface area (Å²) >= 11 is 0. The SMILES string of the molecule is CN1CCC(c2cnc(C3CCCCN3)[nH]2)CC1. The van der Waals surface area contributed by atoms with Crippen molar-refractivity contribution in [2.24, 2.45) is 0 Å². The van der Waals surface area contributed by atoms with Gasteiger partial charge in [-0.15, -0.1) is 0 Å². The van der Waals surface area contributed by atoms with Gasteiger partial charge in [0.1, 0.15) is 5.82 Å². The summed E-state index contributed by atoms with van der Waals surface area (Å²) in [6.45, 7) is 3.55. The summed E-state index contributed by atoms with van der Waals surface area (Å²) in [5, 5.41) is 3.56. The van der Waals surface area contributed by atoms with Crippen molar-refractivity contribution < 1.29 is 0 Å². The third kappa shape index (κ3) is 2.59. The minimum Gasteiger partial charge on any atom is -0.344 e. The van der Waals surface area contributed by atoms with Crippen LogP contribution < -0.4 is 5.32 Å². The molecule has 0 spiro atoms. The summed E-state index contributed by atoms with van der Waals surface area (Å²) in [6, 6.07) is 0.457. The molecular weight excluding hydrogens is 224 g/mol. The average molecular weight is 248 g/mol. The Bertz CT molecular complexity index is 373. The Kier molecular flexibility index (Phi) is 3.66. The summed E-state index contributed by atoms with van der Waals surface area (Å²) < 4.78 is 0. The number of aromatic nitrogens is 2. The molecule has 0 saturated carbocycles. The zero-order valence-electron chi connectivity index (χ0n) is 11.3. The van der Waals surface area contributed by atoms with Crippen LogP contribution in [-0.4, -0.2) is 41.5 Å². The predicted molar refractivity (Wildman–Crippen MR) is 72.7 cm³/mol. The summed E-state index contributed by atoms with van der Waals surface area (Å²) in [7, 11) is 2.21. The summed E-state index contributed by atoms with van der Waals surface area (Å²) in [5.41, 5.74) is 1.35. The molecule has 3 heterocycles. The van der Waals surface area contributed by atoms with Crippen LogP contribution in [0.4, 0.5) is 0 Å². The van der Waals surface area contributed by atoms with E-state index in [1.165, 1.54) is 50.9 Å². The number of rotatable bonds is 2. The van der Waals surface area contributed by atoms with Crippen molar-refractivity contribution in [1.82, 2.24) is 20.2 Å². The van der Waals surface area contributed by atoms with Crippen molar-refractivity contribution in [3.05, 3.63) is 17.7 Å². The Labute approximate surface area is 109 Å². The lowest BCUT2D eigenvalue weighted by Crippen LogP contribution is -2.29. The van der Waals surface area contributed by atoms with E-state index in [-0.39, 0.29) is 0 Å². The van der Waals surface area contributed by atoms with Gasteiger partial charge in [-0.3, -0.25) is 0 Å². The minimum absolute atomic E-state index is 0.457. The zero-order chi connectivity index (χ0) is 12.4. The van der Waals surface area contributed by atoms with Gasteiger partial charge in [0.15, 0.2) is 0 Å². The molecule has 1 aromatic heterocycles. The molecule has 100 valence electrons. The fourth-order valence-corrected chi connectivity index (χ4v) is 3.14. The standard InChI is InChI=1S/C14H24N4/c1-18-8-5-11(6-9-18)13-10-16-14(17-13)12-4-2-3-7-15-12/h10-12,15H,2-9H2,1H3,(H,16,17). The number of nitrogens with one attached hydrogen (secondary N) is 2. The van der Waals surface area contributed by atoms with Crippen molar-refractivity contribution in [2.75, 3.05) is 26.7 Å². The van der Waals surface area contributed by atoms with Gasteiger partial charge in [0.25, 0.3) is 0 Å². The quantitative estimate of drug-likeness (QED) is 0.841. The maximum Gasteiger partial charge on any atom is 0.123 e. The van der Waals surface area contributed by atoms with Crippen LogP contribution in [0.1, 0.15) is 55.6 Å². The van der Waals surface area contributed by atoms with E-state index in [4.69, 9.17) is 0 Å². The van der Waals surface area contributed by atoms with Crippen molar-refractivity contribution in [2.45, 2.75) is 44.1 Å². The third-order valence-electron chi connectivity index (χ3n) is 4.41. The zero-order valence-corrected chi connectivity index (χ0v) is 11.3. The van der Waals surface area contributed by atoms with Crippen molar-refractivity contribution >= 4 is 0 Å². The van der Waals surface area contributed by atoms with Gasteiger partial charge in [-0.25, -0.2) is 4.98 Å². The normalized spacial score (nSPS) is 27.5. The summed E-state index contributed by atoms with van der Waals surface area (Å²) in [5.74, 6) is 1.84. The van der Waals surface area contributed by atoms with Crippen LogP contribution in [0.3, 0.4) is 0 Å². The lowest BCUT2D eigenvalue weighted by atomic mass is 9.94.